The molecule has 31 heavy (non-hydrogen) atoms. The van der Waals surface area contributed by atoms with Crippen LogP contribution in [0.4, 0.5) is 4.39 Å². The van der Waals surface area contributed by atoms with Crippen molar-refractivity contribution in [1.29, 1.82) is 0 Å². The van der Waals surface area contributed by atoms with E-state index < -0.39 is 0 Å². The largest absolute Gasteiger partial charge is 0.349 e. The lowest BCUT2D eigenvalue weighted by atomic mass is 10.1. The lowest BCUT2D eigenvalue weighted by Gasteiger charge is -2.20. The van der Waals surface area contributed by atoms with Crippen LogP contribution < -0.4 is 5.32 Å². The summed E-state index contributed by atoms with van der Waals surface area (Å²) in [4.78, 5) is 14.6. The Hall–Kier alpha value is -2.42. The van der Waals surface area contributed by atoms with Crippen molar-refractivity contribution in [2.45, 2.75) is 31.1 Å². The molecule has 2 unspecified atom stereocenters. The summed E-state index contributed by atoms with van der Waals surface area (Å²) in [6.45, 7) is 3.92. The molecule has 164 valence electrons. The molecule has 0 saturated carbocycles. The van der Waals surface area contributed by atoms with Crippen LogP contribution >= 0.6 is 23.4 Å². The van der Waals surface area contributed by atoms with Crippen molar-refractivity contribution in [1.82, 2.24) is 25.0 Å². The predicted molar refractivity (Wildman–Crippen MR) is 122 cm³/mol. The third-order valence-corrected chi connectivity index (χ3v) is 6.11. The summed E-state index contributed by atoms with van der Waals surface area (Å²) in [6, 6.07) is 13.4. The first-order chi connectivity index (χ1) is 14.8. The van der Waals surface area contributed by atoms with Crippen LogP contribution in [0.5, 0.6) is 0 Å². The SMILES string of the molecule is CC(NC(=O)CSc1nnc(C(C)N(C)C)n1-c1ccc(F)cc1)c1cccc(Cl)c1. The number of carbonyl (C=O) groups excluding carboxylic acids is 1. The number of carbonyl (C=O) groups is 1. The van der Waals surface area contributed by atoms with Crippen LogP contribution in [0.2, 0.25) is 5.02 Å². The van der Waals surface area contributed by atoms with E-state index in [1.807, 2.05) is 55.6 Å². The molecule has 0 aliphatic carbocycles. The fourth-order valence-corrected chi connectivity index (χ4v) is 3.95. The second kappa shape index (κ2) is 10.3. The Labute approximate surface area is 190 Å². The molecule has 0 aliphatic heterocycles. The molecule has 0 radical (unpaired) electrons. The van der Waals surface area contributed by atoms with E-state index in [9.17, 15) is 9.18 Å². The van der Waals surface area contributed by atoms with Crippen molar-refractivity contribution in [2.75, 3.05) is 19.8 Å². The van der Waals surface area contributed by atoms with Gasteiger partial charge in [-0.15, -0.1) is 10.2 Å². The molecule has 0 spiro atoms. The van der Waals surface area contributed by atoms with Crippen LogP contribution in [-0.4, -0.2) is 45.4 Å². The minimum atomic E-state index is -0.317. The number of rotatable bonds is 8. The zero-order valence-corrected chi connectivity index (χ0v) is 19.4. The monoisotopic (exact) mass is 461 g/mol. The van der Waals surface area contributed by atoms with E-state index >= 15 is 0 Å². The molecule has 0 saturated heterocycles. The molecular weight excluding hydrogens is 437 g/mol. The molecule has 1 amide bonds. The Morgan fingerprint density at radius 3 is 2.55 bits per heavy atom. The first-order valence-electron chi connectivity index (χ1n) is 9.81. The Morgan fingerprint density at radius 1 is 1.19 bits per heavy atom. The second-order valence-electron chi connectivity index (χ2n) is 7.43. The highest BCUT2D eigenvalue weighted by Crippen LogP contribution is 2.27. The maximum atomic E-state index is 13.4. The van der Waals surface area contributed by atoms with Crippen LogP contribution in [0.1, 0.15) is 37.3 Å². The van der Waals surface area contributed by atoms with Crippen molar-refractivity contribution in [3.63, 3.8) is 0 Å². The number of nitrogens with one attached hydrogen (secondary N) is 1. The van der Waals surface area contributed by atoms with Crippen molar-refractivity contribution < 1.29 is 9.18 Å². The van der Waals surface area contributed by atoms with Crippen molar-refractivity contribution in [3.05, 3.63) is 70.8 Å². The summed E-state index contributed by atoms with van der Waals surface area (Å²) >= 11 is 7.32. The number of hydrogen-bond acceptors (Lipinski definition) is 5. The van der Waals surface area contributed by atoms with E-state index in [0.29, 0.717) is 16.0 Å². The van der Waals surface area contributed by atoms with Crippen LogP contribution in [-0.2, 0) is 4.79 Å². The van der Waals surface area contributed by atoms with Crippen LogP contribution in [0.3, 0.4) is 0 Å². The highest BCUT2D eigenvalue weighted by atomic mass is 35.5. The zero-order chi connectivity index (χ0) is 22.5. The van der Waals surface area contributed by atoms with E-state index in [0.717, 1.165) is 11.3 Å². The minimum Gasteiger partial charge on any atom is -0.349 e. The Morgan fingerprint density at radius 2 is 1.90 bits per heavy atom. The molecule has 6 nitrogen and oxygen atoms in total. The van der Waals surface area contributed by atoms with Crippen molar-refractivity contribution >= 4 is 29.3 Å². The van der Waals surface area contributed by atoms with Crippen molar-refractivity contribution in [2.24, 2.45) is 0 Å². The van der Waals surface area contributed by atoms with Crippen LogP contribution in [0.15, 0.2) is 53.7 Å². The summed E-state index contributed by atoms with van der Waals surface area (Å²) in [7, 11) is 3.90. The average Bonchev–Trinajstić information content (AvgIpc) is 3.16. The Kier molecular flexibility index (Phi) is 7.69. The molecule has 2 atom stereocenters. The molecule has 1 N–H and O–H groups in total. The van der Waals surface area contributed by atoms with Gasteiger partial charge < -0.3 is 5.32 Å². The maximum Gasteiger partial charge on any atom is 0.230 e. The van der Waals surface area contributed by atoms with Gasteiger partial charge >= 0.3 is 0 Å². The van der Waals surface area contributed by atoms with Gasteiger partial charge in [-0.1, -0.05) is 35.5 Å². The summed E-state index contributed by atoms with van der Waals surface area (Å²) in [5.41, 5.74) is 1.67. The summed E-state index contributed by atoms with van der Waals surface area (Å²) in [5.74, 6) is 0.434. The van der Waals surface area contributed by atoms with E-state index in [2.05, 4.69) is 15.5 Å². The van der Waals surface area contributed by atoms with E-state index in [1.54, 1.807) is 18.2 Å². The van der Waals surface area contributed by atoms with E-state index in [-0.39, 0.29) is 29.6 Å². The quantitative estimate of drug-likeness (QED) is 0.494. The Bertz CT molecular complexity index is 1040. The fraction of sp³-hybridized carbons (Fsp3) is 0.318. The number of halogens is 2. The van der Waals surface area contributed by atoms with Gasteiger partial charge in [0.05, 0.1) is 17.8 Å². The zero-order valence-electron chi connectivity index (χ0n) is 17.8. The lowest BCUT2D eigenvalue weighted by molar-refractivity contribution is -0.119. The number of aromatic nitrogens is 3. The minimum absolute atomic E-state index is 0.0245. The third-order valence-electron chi connectivity index (χ3n) is 4.95. The van der Waals surface area contributed by atoms with Gasteiger partial charge in [-0.2, -0.15) is 0 Å². The van der Waals surface area contributed by atoms with E-state index in [1.165, 1.54) is 23.9 Å². The highest BCUT2D eigenvalue weighted by molar-refractivity contribution is 7.99. The van der Waals surface area contributed by atoms with Gasteiger partial charge in [0.1, 0.15) is 5.82 Å². The molecule has 9 heteroatoms. The molecule has 2 aromatic carbocycles. The first-order valence-corrected chi connectivity index (χ1v) is 11.2. The molecule has 1 heterocycles. The number of amides is 1. The standard InChI is InChI=1S/C22H25ClFN5OS/c1-14(16-6-5-7-17(23)12-16)25-20(30)13-31-22-27-26-21(15(2)28(3)4)29(22)19-10-8-18(24)9-11-19/h5-12,14-15H,13H2,1-4H3,(H,25,30). The molecule has 3 rings (SSSR count). The molecule has 3 aromatic rings. The van der Waals surface area contributed by atoms with Gasteiger partial charge in [-0.05, 0) is 69.9 Å². The molecular formula is C22H25ClFN5OS. The average molecular weight is 462 g/mol. The lowest BCUT2D eigenvalue weighted by Crippen LogP contribution is -2.28. The maximum absolute atomic E-state index is 13.4. The van der Waals surface area contributed by atoms with Gasteiger partial charge in [0.15, 0.2) is 11.0 Å². The van der Waals surface area contributed by atoms with Gasteiger partial charge in [-0.25, -0.2) is 4.39 Å². The van der Waals surface area contributed by atoms with Crippen LogP contribution in [0, 0.1) is 5.82 Å². The Balaban J connectivity index is 1.76. The third kappa shape index (κ3) is 5.84. The van der Waals surface area contributed by atoms with Gasteiger partial charge in [0.25, 0.3) is 0 Å². The topological polar surface area (TPSA) is 63.1 Å². The number of thioether (sulfide) groups is 1. The second-order valence-corrected chi connectivity index (χ2v) is 8.80. The number of nitrogens with zero attached hydrogens (tertiary/aromatic N) is 4. The normalized spacial score (nSPS) is 13.3. The fourth-order valence-electron chi connectivity index (χ4n) is 2.98. The van der Waals surface area contributed by atoms with Crippen LogP contribution in [0.25, 0.3) is 5.69 Å². The van der Waals surface area contributed by atoms with E-state index in [4.69, 9.17) is 11.6 Å². The summed E-state index contributed by atoms with van der Waals surface area (Å²) in [6.07, 6.45) is 0. The highest BCUT2D eigenvalue weighted by Gasteiger charge is 2.22. The summed E-state index contributed by atoms with van der Waals surface area (Å²) < 4.78 is 15.3. The van der Waals surface area contributed by atoms with Crippen molar-refractivity contribution in [3.8, 4) is 5.69 Å². The molecule has 0 fully saturated rings. The first kappa shape index (κ1) is 23.2. The van der Waals surface area contributed by atoms with Gasteiger partial charge in [-0.3, -0.25) is 14.3 Å². The molecule has 1 aromatic heterocycles. The smallest absolute Gasteiger partial charge is 0.230 e. The van der Waals surface area contributed by atoms with Gasteiger partial charge in [0.2, 0.25) is 5.91 Å². The predicted octanol–water partition coefficient (Wildman–Crippen LogP) is 4.65. The molecule has 0 bridgehead atoms. The number of hydrogen-bond donors (Lipinski definition) is 1. The van der Waals surface area contributed by atoms with Gasteiger partial charge in [0, 0.05) is 10.7 Å². The number of benzene rings is 2. The summed E-state index contributed by atoms with van der Waals surface area (Å²) in [5, 5.41) is 12.8. The molecule has 0 aliphatic rings.